The number of anilines is 2. The summed E-state index contributed by atoms with van der Waals surface area (Å²) in [5.74, 6) is 1.21. The van der Waals surface area contributed by atoms with Gasteiger partial charge in [-0.3, -0.25) is 9.20 Å². The van der Waals surface area contributed by atoms with Crippen LogP contribution in [0.3, 0.4) is 0 Å². The van der Waals surface area contributed by atoms with Gasteiger partial charge in [0.2, 0.25) is 0 Å². The van der Waals surface area contributed by atoms with E-state index in [1.807, 2.05) is 41.8 Å². The molecule has 7 heteroatoms. The molecule has 156 valence electrons. The number of aromatic nitrogens is 3. The highest BCUT2D eigenvalue weighted by Gasteiger charge is 2.41. The number of ketones is 1. The second kappa shape index (κ2) is 6.92. The molecule has 0 aliphatic heterocycles. The fraction of sp³-hybridized carbons (Fsp3) is 0.208. The van der Waals surface area contributed by atoms with Gasteiger partial charge in [-0.25, -0.2) is 9.97 Å². The molecule has 0 bridgehead atoms. The van der Waals surface area contributed by atoms with E-state index < -0.39 is 5.60 Å². The van der Waals surface area contributed by atoms with E-state index in [4.69, 9.17) is 16.5 Å². The molecular formula is C24H23N5O2. The minimum Gasteiger partial charge on any atom is -0.398 e. The number of aliphatic hydroxyl groups is 1. The van der Waals surface area contributed by atoms with Crippen LogP contribution in [0.2, 0.25) is 0 Å². The summed E-state index contributed by atoms with van der Waals surface area (Å²) in [6.07, 6.45) is 4.76. The van der Waals surface area contributed by atoms with E-state index >= 15 is 0 Å². The van der Waals surface area contributed by atoms with E-state index in [0.29, 0.717) is 46.7 Å². The summed E-state index contributed by atoms with van der Waals surface area (Å²) in [7, 11) is 0. The minimum atomic E-state index is -0.668. The van der Waals surface area contributed by atoms with Crippen LogP contribution in [0.5, 0.6) is 0 Å². The molecule has 0 unspecified atom stereocenters. The van der Waals surface area contributed by atoms with E-state index in [-0.39, 0.29) is 11.7 Å². The zero-order chi connectivity index (χ0) is 21.8. The summed E-state index contributed by atoms with van der Waals surface area (Å²) in [5, 5.41) is 10.2. The van der Waals surface area contributed by atoms with Gasteiger partial charge in [0.05, 0.1) is 5.60 Å². The lowest BCUT2D eigenvalue weighted by molar-refractivity contribution is -0.0335. The first kappa shape index (κ1) is 19.3. The number of carbonyl (C=O) groups is 1. The summed E-state index contributed by atoms with van der Waals surface area (Å²) in [6, 6.07) is 14.4. The fourth-order valence-corrected chi connectivity index (χ4v) is 4.42. The number of benzene rings is 2. The number of rotatable bonds is 4. The number of imidazole rings is 1. The Morgan fingerprint density at radius 3 is 2.58 bits per heavy atom. The van der Waals surface area contributed by atoms with Gasteiger partial charge in [-0.15, -0.1) is 0 Å². The largest absolute Gasteiger partial charge is 0.398 e. The second-order valence-corrected chi connectivity index (χ2v) is 8.45. The van der Waals surface area contributed by atoms with Crippen LogP contribution in [0, 0.1) is 0 Å². The van der Waals surface area contributed by atoms with Crippen molar-refractivity contribution in [1.29, 1.82) is 0 Å². The van der Waals surface area contributed by atoms with E-state index in [2.05, 4.69) is 4.98 Å². The van der Waals surface area contributed by atoms with Gasteiger partial charge in [0.1, 0.15) is 22.9 Å². The Balaban J connectivity index is 1.58. The quantitative estimate of drug-likeness (QED) is 0.348. The van der Waals surface area contributed by atoms with Crippen molar-refractivity contribution in [3.63, 3.8) is 0 Å². The summed E-state index contributed by atoms with van der Waals surface area (Å²) in [4.78, 5) is 21.9. The molecule has 1 aliphatic carbocycles. The molecule has 2 aromatic carbocycles. The number of carbonyl (C=O) groups excluding carboxylic acids is 1. The second-order valence-electron chi connectivity index (χ2n) is 8.45. The highest BCUT2D eigenvalue weighted by molar-refractivity contribution is 6.12. The van der Waals surface area contributed by atoms with E-state index in [1.54, 1.807) is 30.5 Å². The third-order valence-electron chi connectivity index (χ3n) is 5.95. The van der Waals surface area contributed by atoms with Crippen molar-refractivity contribution in [3.8, 4) is 11.3 Å². The topological polar surface area (TPSA) is 120 Å². The van der Waals surface area contributed by atoms with Crippen molar-refractivity contribution in [2.75, 3.05) is 11.5 Å². The van der Waals surface area contributed by atoms with Gasteiger partial charge >= 0.3 is 0 Å². The van der Waals surface area contributed by atoms with Gasteiger partial charge in [-0.05, 0) is 31.9 Å². The van der Waals surface area contributed by atoms with Crippen LogP contribution >= 0.6 is 0 Å². The zero-order valence-electron chi connectivity index (χ0n) is 17.1. The molecule has 2 aromatic heterocycles. The SMILES string of the molecule is C[C@]1(O)C[C@H](c2nc(-c3ccc(C(=O)c4ccccc4)c(N)c3)c3c(N)nccn32)C1. The van der Waals surface area contributed by atoms with Crippen LogP contribution in [-0.2, 0) is 0 Å². The molecule has 1 aliphatic rings. The first-order chi connectivity index (χ1) is 14.8. The monoisotopic (exact) mass is 413 g/mol. The molecule has 0 atom stereocenters. The van der Waals surface area contributed by atoms with Gasteiger partial charge in [0, 0.05) is 40.7 Å². The summed E-state index contributed by atoms with van der Waals surface area (Å²) in [5.41, 5.74) is 15.4. The maximum atomic E-state index is 12.8. The maximum absolute atomic E-state index is 12.8. The Hall–Kier alpha value is -3.71. The molecule has 1 saturated carbocycles. The number of fused-ring (bicyclic) bond motifs is 1. The van der Waals surface area contributed by atoms with E-state index in [9.17, 15) is 9.90 Å². The normalized spacial score (nSPS) is 20.5. The molecule has 0 radical (unpaired) electrons. The number of nitrogens with zero attached hydrogens (tertiary/aromatic N) is 3. The average molecular weight is 413 g/mol. The third-order valence-corrected chi connectivity index (χ3v) is 5.95. The van der Waals surface area contributed by atoms with E-state index in [0.717, 1.165) is 11.4 Å². The molecule has 0 saturated heterocycles. The standard InChI is InChI=1S/C24H23N5O2/c1-24(31)12-16(13-24)23-28-19(20-22(26)27-9-10-29(20)23)15-7-8-17(18(25)11-15)21(30)14-5-3-2-4-6-14/h2-11,16,31H,12-13,25H2,1H3,(H2,26,27)/t16-,24-. The van der Waals surface area contributed by atoms with Crippen LogP contribution in [0.4, 0.5) is 11.5 Å². The first-order valence-corrected chi connectivity index (χ1v) is 10.2. The number of hydrogen-bond donors (Lipinski definition) is 3. The zero-order valence-corrected chi connectivity index (χ0v) is 17.1. The van der Waals surface area contributed by atoms with Crippen molar-refractivity contribution >= 4 is 22.8 Å². The third kappa shape index (κ3) is 3.23. The Bertz CT molecular complexity index is 1300. The molecule has 5 N–H and O–H groups in total. The van der Waals surface area contributed by atoms with Crippen LogP contribution in [0.15, 0.2) is 60.9 Å². The molecule has 5 rings (SSSR count). The average Bonchev–Trinajstić information content (AvgIpc) is 3.13. The van der Waals surface area contributed by atoms with E-state index in [1.165, 1.54) is 0 Å². The van der Waals surface area contributed by atoms with Gasteiger partial charge in [-0.1, -0.05) is 36.4 Å². The maximum Gasteiger partial charge on any atom is 0.195 e. The smallest absolute Gasteiger partial charge is 0.195 e. The molecule has 0 spiro atoms. The summed E-state index contributed by atoms with van der Waals surface area (Å²) < 4.78 is 1.94. The van der Waals surface area contributed by atoms with Crippen LogP contribution in [0.25, 0.3) is 16.8 Å². The minimum absolute atomic E-state index is 0.127. The van der Waals surface area contributed by atoms with Crippen molar-refractivity contribution < 1.29 is 9.90 Å². The molecule has 7 nitrogen and oxygen atoms in total. The van der Waals surface area contributed by atoms with Gasteiger partial charge in [0.25, 0.3) is 0 Å². The Morgan fingerprint density at radius 1 is 1.16 bits per heavy atom. The number of nitrogen functional groups attached to an aromatic ring is 2. The van der Waals surface area contributed by atoms with Gasteiger partial charge in [0.15, 0.2) is 5.78 Å². The molecule has 4 aromatic rings. The van der Waals surface area contributed by atoms with Gasteiger partial charge < -0.3 is 16.6 Å². The highest BCUT2D eigenvalue weighted by Crippen LogP contribution is 2.45. The van der Waals surface area contributed by atoms with Crippen molar-refractivity contribution in [1.82, 2.24) is 14.4 Å². The predicted octanol–water partition coefficient (Wildman–Crippen LogP) is 3.42. The highest BCUT2D eigenvalue weighted by atomic mass is 16.3. The van der Waals surface area contributed by atoms with Crippen LogP contribution in [0.1, 0.15) is 47.4 Å². The van der Waals surface area contributed by atoms with Gasteiger partial charge in [-0.2, -0.15) is 0 Å². The molecule has 0 amide bonds. The lowest BCUT2D eigenvalue weighted by Gasteiger charge is -2.40. The Kier molecular flexibility index (Phi) is 4.30. The lowest BCUT2D eigenvalue weighted by atomic mass is 9.72. The lowest BCUT2D eigenvalue weighted by Crippen LogP contribution is -2.40. The molecule has 31 heavy (non-hydrogen) atoms. The number of nitrogens with two attached hydrogens (primary N) is 2. The fourth-order valence-electron chi connectivity index (χ4n) is 4.42. The summed E-state index contributed by atoms with van der Waals surface area (Å²) >= 11 is 0. The molecule has 1 fully saturated rings. The van der Waals surface area contributed by atoms with Crippen LogP contribution < -0.4 is 11.5 Å². The van der Waals surface area contributed by atoms with Crippen LogP contribution in [-0.4, -0.2) is 30.9 Å². The van der Waals surface area contributed by atoms with Crippen molar-refractivity contribution in [2.45, 2.75) is 31.3 Å². The van der Waals surface area contributed by atoms with Crippen molar-refractivity contribution in [2.24, 2.45) is 0 Å². The molecular weight excluding hydrogens is 390 g/mol. The number of hydrogen-bond acceptors (Lipinski definition) is 6. The Labute approximate surface area is 179 Å². The predicted molar refractivity (Wildman–Crippen MR) is 120 cm³/mol. The Morgan fingerprint density at radius 2 is 1.90 bits per heavy atom. The summed E-state index contributed by atoms with van der Waals surface area (Å²) in [6.45, 7) is 1.83. The van der Waals surface area contributed by atoms with Crippen molar-refractivity contribution in [3.05, 3.63) is 77.9 Å². The first-order valence-electron chi connectivity index (χ1n) is 10.2. The molecule has 2 heterocycles.